The third-order valence-electron chi connectivity index (χ3n) is 3.01. The van der Waals surface area contributed by atoms with Gasteiger partial charge in [-0.15, -0.1) is 0 Å². The lowest BCUT2D eigenvalue weighted by molar-refractivity contribution is -0.385. The van der Waals surface area contributed by atoms with Crippen LogP contribution in [0.25, 0.3) is 0 Å². The number of nitrogens with zero attached hydrogens (tertiary/aromatic N) is 1. The molecule has 0 aromatic heterocycles. The largest absolute Gasteiger partial charge is 0.376 e. The van der Waals surface area contributed by atoms with Crippen molar-refractivity contribution in [2.45, 2.75) is 18.2 Å². The topological polar surface area (TPSA) is 86.5 Å². The van der Waals surface area contributed by atoms with E-state index in [2.05, 4.69) is 4.18 Å². The van der Waals surface area contributed by atoms with Gasteiger partial charge in [-0.05, 0) is 24.1 Å². The second-order valence-corrected chi connectivity index (χ2v) is 6.03. The zero-order valence-electron chi connectivity index (χ0n) is 11.8. The van der Waals surface area contributed by atoms with Gasteiger partial charge in [-0.2, -0.15) is 8.42 Å². The summed E-state index contributed by atoms with van der Waals surface area (Å²) in [5, 5.41) is 10.8. The van der Waals surface area contributed by atoms with Crippen molar-refractivity contribution in [3.8, 4) is 5.75 Å². The lowest BCUT2D eigenvalue weighted by Crippen LogP contribution is -2.13. The number of hydrogen-bond acceptors (Lipinski definition) is 5. The molecule has 122 valence electrons. The summed E-state index contributed by atoms with van der Waals surface area (Å²) in [5.74, 6) is -2.78. The van der Waals surface area contributed by atoms with Crippen LogP contribution < -0.4 is 4.18 Å². The molecular weight excluding hydrogens is 332 g/mol. The molecule has 0 saturated heterocycles. The maximum atomic E-state index is 13.5. The maximum Gasteiger partial charge on any atom is 0.339 e. The molecule has 6 nitrogen and oxygen atoms in total. The van der Waals surface area contributed by atoms with E-state index in [-0.39, 0.29) is 12.0 Å². The number of benzene rings is 2. The average Bonchev–Trinajstić information content (AvgIpc) is 2.49. The highest BCUT2D eigenvalue weighted by atomic mass is 32.2. The first kappa shape index (κ1) is 16.8. The smallest absolute Gasteiger partial charge is 0.339 e. The van der Waals surface area contributed by atoms with Crippen molar-refractivity contribution in [1.82, 2.24) is 0 Å². The van der Waals surface area contributed by atoms with Gasteiger partial charge in [0.25, 0.3) is 5.69 Å². The van der Waals surface area contributed by atoms with Gasteiger partial charge in [-0.25, -0.2) is 8.78 Å². The number of nitro benzene ring substituents is 1. The summed E-state index contributed by atoms with van der Waals surface area (Å²) >= 11 is 0. The van der Waals surface area contributed by atoms with Crippen molar-refractivity contribution in [2.24, 2.45) is 0 Å². The van der Waals surface area contributed by atoms with Crippen LogP contribution in [0.5, 0.6) is 5.75 Å². The fourth-order valence-electron chi connectivity index (χ4n) is 1.89. The number of rotatable bonds is 5. The summed E-state index contributed by atoms with van der Waals surface area (Å²) in [4.78, 5) is 9.61. The quantitative estimate of drug-likeness (QED) is 0.473. The van der Waals surface area contributed by atoms with Crippen molar-refractivity contribution in [3.05, 3.63) is 63.7 Å². The number of aryl methyl sites for hydroxylation is 1. The Morgan fingerprint density at radius 2 is 1.87 bits per heavy atom. The summed E-state index contributed by atoms with van der Waals surface area (Å²) in [6.07, 6.45) is 0.266. The minimum atomic E-state index is -4.51. The molecule has 0 radical (unpaired) electrons. The molecule has 0 unspecified atom stereocenters. The van der Waals surface area contributed by atoms with Gasteiger partial charge >= 0.3 is 10.1 Å². The number of non-ortho nitro benzene ring substituents is 1. The molecule has 0 aliphatic rings. The molecule has 0 aliphatic carbocycles. The van der Waals surface area contributed by atoms with Crippen molar-refractivity contribution in [3.63, 3.8) is 0 Å². The van der Waals surface area contributed by atoms with Crippen LogP contribution in [-0.2, 0) is 16.5 Å². The Morgan fingerprint density at radius 1 is 1.17 bits per heavy atom. The second kappa shape index (κ2) is 6.29. The molecule has 0 atom stereocenters. The minimum Gasteiger partial charge on any atom is -0.376 e. The van der Waals surface area contributed by atoms with E-state index in [1.54, 1.807) is 6.92 Å². The van der Waals surface area contributed by atoms with Crippen molar-refractivity contribution in [2.75, 3.05) is 0 Å². The Kier molecular flexibility index (Phi) is 4.60. The minimum absolute atomic E-state index is 0.266. The first-order valence-electron chi connectivity index (χ1n) is 6.41. The Hall–Kier alpha value is -2.55. The van der Waals surface area contributed by atoms with Crippen molar-refractivity contribution >= 4 is 15.8 Å². The van der Waals surface area contributed by atoms with Crippen molar-refractivity contribution < 1.29 is 26.3 Å². The van der Waals surface area contributed by atoms with E-state index >= 15 is 0 Å². The molecule has 0 N–H and O–H groups in total. The van der Waals surface area contributed by atoms with Gasteiger partial charge in [-0.1, -0.05) is 13.0 Å². The number of hydrogen-bond donors (Lipinski definition) is 0. The predicted molar refractivity (Wildman–Crippen MR) is 76.6 cm³/mol. The zero-order chi connectivity index (χ0) is 17.2. The van der Waals surface area contributed by atoms with Gasteiger partial charge in [0, 0.05) is 18.2 Å². The Labute approximate surface area is 130 Å². The van der Waals surface area contributed by atoms with Gasteiger partial charge in [0.2, 0.25) is 0 Å². The molecule has 9 heteroatoms. The van der Waals surface area contributed by atoms with E-state index in [4.69, 9.17) is 0 Å². The van der Waals surface area contributed by atoms with E-state index in [1.807, 2.05) is 0 Å². The summed E-state index contributed by atoms with van der Waals surface area (Å²) in [6.45, 7) is 1.65. The number of nitro groups is 1. The highest BCUT2D eigenvalue weighted by Crippen LogP contribution is 2.27. The van der Waals surface area contributed by atoms with Crippen molar-refractivity contribution in [1.29, 1.82) is 0 Å². The van der Waals surface area contributed by atoms with E-state index in [1.165, 1.54) is 6.07 Å². The van der Waals surface area contributed by atoms with Gasteiger partial charge in [0.05, 0.1) is 4.92 Å². The van der Waals surface area contributed by atoms with Crippen LogP contribution in [-0.4, -0.2) is 13.3 Å². The number of halogens is 2. The standard InChI is InChI=1S/C14H11F2NO5S/c1-2-9-3-5-11(17(18)19)8-14(9)23(20,21)22-13-6-4-10(15)7-12(13)16/h3-8H,2H2,1H3. The first-order chi connectivity index (χ1) is 10.7. The Bertz CT molecular complexity index is 867. The van der Waals surface area contributed by atoms with E-state index in [9.17, 15) is 27.3 Å². The molecule has 0 amide bonds. The lowest BCUT2D eigenvalue weighted by atomic mass is 10.1. The molecule has 2 aromatic rings. The van der Waals surface area contributed by atoms with E-state index in [0.29, 0.717) is 6.07 Å². The molecule has 0 saturated carbocycles. The lowest BCUT2D eigenvalue weighted by Gasteiger charge is -2.11. The SMILES string of the molecule is CCc1ccc([N+](=O)[O-])cc1S(=O)(=O)Oc1ccc(F)cc1F. The molecule has 2 aromatic carbocycles. The van der Waals surface area contributed by atoms with Gasteiger partial charge < -0.3 is 4.18 Å². The van der Waals surface area contributed by atoms with Crippen LogP contribution in [0.15, 0.2) is 41.3 Å². The molecule has 23 heavy (non-hydrogen) atoms. The third-order valence-corrected chi connectivity index (χ3v) is 4.32. The zero-order valence-corrected chi connectivity index (χ0v) is 12.6. The summed E-state index contributed by atoms with van der Waals surface area (Å²) in [6, 6.07) is 5.42. The molecule has 0 fully saturated rings. The monoisotopic (exact) mass is 343 g/mol. The molecular formula is C14H11F2NO5S. The molecule has 0 aliphatic heterocycles. The molecule has 2 rings (SSSR count). The van der Waals surface area contributed by atoms with Crippen LogP contribution in [0.1, 0.15) is 12.5 Å². The molecule has 0 heterocycles. The fourth-order valence-corrected chi connectivity index (χ4v) is 3.15. The Morgan fingerprint density at radius 3 is 2.43 bits per heavy atom. The van der Waals surface area contributed by atoms with Gasteiger partial charge in [0.1, 0.15) is 10.7 Å². The van der Waals surface area contributed by atoms with E-state index < -0.39 is 43.0 Å². The van der Waals surface area contributed by atoms with Gasteiger partial charge in [0.15, 0.2) is 11.6 Å². The van der Waals surface area contributed by atoms with Crippen LogP contribution in [0, 0.1) is 21.7 Å². The highest BCUT2D eigenvalue weighted by Gasteiger charge is 2.25. The van der Waals surface area contributed by atoms with Crippen LogP contribution in [0.2, 0.25) is 0 Å². The normalized spacial score (nSPS) is 11.3. The van der Waals surface area contributed by atoms with Crippen LogP contribution in [0.3, 0.4) is 0 Å². The van der Waals surface area contributed by atoms with Gasteiger partial charge in [-0.3, -0.25) is 10.1 Å². The van der Waals surface area contributed by atoms with E-state index in [0.717, 1.165) is 24.3 Å². The summed E-state index contributed by atoms with van der Waals surface area (Å²) in [7, 11) is -4.51. The van der Waals surface area contributed by atoms with Crippen LogP contribution >= 0.6 is 0 Å². The van der Waals surface area contributed by atoms with Crippen LogP contribution in [0.4, 0.5) is 14.5 Å². The second-order valence-electron chi connectivity index (χ2n) is 4.51. The third kappa shape index (κ3) is 3.62. The average molecular weight is 343 g/mol. The Balaban J connectivity index is 2.50. The molecule has 0 spiro atoms. The first-order valence-corrected chi connectivity index (χ1v) is 7.82. The molecule has 0 bridgehead atoms. The fraction of sp³-hybridized carbons (Fsp3) is 0.143. The maximum absolute atomic E-state index is 13.5. The predicted octanol–water partition coefficient (Wildman–Crippen LogP) is 3.20. The summed E-state index contributed by atoms with van der Waals surface area (Å²) < 4.78 is 55.6. The highest BCUT2D eigenvalue weighted by molar-refractivity contribution is 7.87. The summed E-state index contributed by atoms with van der Waals surface area (Å²) in [5.41, 5.74) is -0.165.